The highest BCUT2D eigenvalue weighted by Gasteiger charge is 2.27. The van der Waals surface area contributed by atoms with Gasteiger partial charge in [0.2, 0.25) is 0 Å². The molecule has 1 atom stereocenters. The van der Waals surface area contributed by atoms with E-state index in [1.807, 2.05) is 12.1 Å². The van der Waals surface area contributed by atoms with Gasteiger partial charge in [0, 0.05) is 16.1 Å². The molecule has 1 saturated carbocycles. The van der Waals surface area contributed by atoms with Crippen LogP contribution >= 0.6 is 28.3 Å². The number of phenols is 1. The molecular weight excluding hydrogens is 277 g/mol. The van der Waals surface area contributed by atoms with Crippen molar-refractivity contribution in [2.24, 2.45) is 11.7 Å². The van der Waals surface area contributed by atoms with Crippen LogP contribution < -0.4 is 5.73 Å². The van der Waals surface area contributed by atoms with Crippen LogP contribution in [0.15, 0.2) is 22.7 Å². The predicted molar refractivity (Wildman–Crippen MR) is 67.3 cm³/mol. The number of hydrogen-bond acceptors (Lipinski definition) is 2. The monoisotopic (exact) mass is 291 g/mol. The summed E-state index contributed by atoms with van der Waals surface area (Å²) in [7, 11) is 0. The Kier molecular flexibility index (Phi) is 4.44. The summed E-state index contributed by atoms with van der Waals surface area (Å²) < 4.78 is 0.972. The van der Waals surface area contributed by atoms with Gasteiger partial charge in [-0.1, -0.05) is 22.4 Å². The van der Waals surface area contributed by atoms with Crippen molar-refractivity contribution in [3.8, 4) is 5.75 Å². The largest absolute Gasteiger partial charge is 0.508 e. The Hall–Kier alpha value is -0.250. The molecule has 4 heteroatoms. The lowest BCUT2D eigenvalue weighted by Gasteiger charge is -2.31. The maximum Gasteiger partial charge on any atom is 0.120 e. The first-order chi connectivity index (χ1) is 6.68. The van der Waals surface area contributed by atoms with Crippen molar-refractivity contribution >= 4 is 28.3 Å². The molecule has 0 radical (unpaired) electrons. The van der Waals surface area contributed by atoms with Crippen molar-refractivity contribution < 1.29 is 5.11 Å². The highest BCUT2D eigenvalue weighted by molar-refractivity contribution is 9.10. The first kappa shape index (κ1) is 12.8. The van der Waals surface area contributed by atoms with Crippen molar-refractivity contribution in [2.45, 2.75) is 25.3 Å². The molecule has 0 amide bonds. The van der Waals surface area contributed by atoms with Crippen LogP contribution in [0.1, 0.15) is 30.9 Å². The van der Waals surface area contributed by atoms with Gasteiger partial charge in [-0.3, -0.25) is 0 Å². The standard InChI is InChI=1S/C11H14BrNO.ClH/c12-8-4-5-10(14)9(6-8)11(13)7-2-1-3-7;/h4-7,11,14H,1-3,13H2;1H/t11-;/m0./s1. The Bertz CT molecular complexity index is 341. The molecule has 1 aliphatic rings. The zero-order valence-electron chi connectivity index (χ0n) is 8.32. The number of benzene rings is 1. The van der Waals surface area contributed by atoms with E-state index in [1.54, 1.807) is 6.07 Å². The SMILES string of the molecule is Cl.N[C@H](c1cc(Br)ccc1O)C1CCC1. The number of halogens is 2. The normalized spacial score (nSPS) is 17.7. The minimum Gasteiger partial charge on any atom is -0.508 e. The second kappa shape index (κ2) is 5.19. The highest BCUT2D eigenvalue weighted by Crippen LogP contribution is 2.39. The lowest BCUT2D eigenvalue weighted by atomic mass is 9.77. The first-order valence-corrected chi connectivity index (χ1v) is 5.72. The van der Waals surface area contributed by atoms with Gasteiger partial charge in [-0.2, -0.15) is 0 Å². The molecule has 2 rings (SSSR count). The molecule has 3 N–H and O–H groups in total. The van der Waals surface area contributed by atoms with E-state index in [1.165, 1.54) is 19.3 Å². The van der Waals surface area contributed by atoms with E-state index in [9.17, 15) is 5.11 Å². The number of rotatable bonds is 2. The third-order valence-electron chi connectivity index (χ3n) is 3.01. The van der Waals surface area contributed by atoms with Gasteiger partial charge in [-0.05, 0) is 37.0 Å². The number of phenolic OH excluding ortho intramolecular Hbond substituents is 1. The Morgan fingerprint density at radius 1 is 1.40 bits per heavy atom. The summed E-state index contributed by atoms with van der Waals surface area (Å²) in [6.45, 7) is 0. The van der Waals surface area contributed by atoms with Crippen LogP contribution in [0, 0.1) is 5.92 Å². The smallest absolute Gasteiger partial charge is 0.120 e. The molecule has 0 heterocycles. The van der Waals surface area contributed by atoms with Gasteiger partial charge >= 0.3 is 0 Å². The van der Waals surface area contributed by atoms with Gasteiger partial charge in [-0.15, -0.1) is 12.4 Å². The van der Waals surface area contributed by atoms with E-state index < -0.39 is 0 Å². The molecule has 0 bridgehead atoms. The Morgan fingerprint density at radius 3 is 2.60 bits per heavy atom. The molecule has 0 aliphatic heterocycles. The van der Waals surface area contributed by atoms with Crippen LogP contribution in [-0.4, -0.2) is 5.11 Å². The van der Waals surface area contributed by atoms with Crippen LogP contribution in [0.25, 0.3) is 0 Å². The molecular formula is C11H15BrClNO. The Labute approximate surface area is 104 Å². The number of hydrogen-bond donors (Lipinski definition) is 2. The van der Waals surface area contributed by atoms with Crippen LogP contribution in [0.4, 0.5) is 0 Å². The Morgan fingerprint density at radius 2 is 2.07 bits per heavy atom. The molecule has 1 fully saturated rings. The van der Waals surface area contributed by atoms with Crippen LogP contribution in [0.5, 0.6) is 5.75 Å². The van der Waals surface area contributed by atoms with E-state index in [0.717, 1.165) is 10.0 Å². The van der Waals surface area contributed by atoms with E-state index in [0.29, 0.717) is 11.7 Å². The Balaban J connectivity index is 0.00000112. The number of aromatic hydroxyl groups is 1. The van der Waals surface area contributed by atoms with Gasteiger partial charge in [0.1, 0.15) is 5.75 Å². The fourth-order valence-electron chi connectivity index (χ4n) is 1.85. The minimum atomic E-state index is -0.0127. The summed E-state index contributed by atoms with van der Waals surface area (Å²) in [5.74, 6) is 0.864. The van der Waals surface area contributed by atoms with Gasteiger partial charge in [0.15, 0.2) is 0 Å². The third-order valence-corrected chi connectivity index (χ3v) is 3.50. The molecule has 15 heavy (non-hydrogen) atoms. The topological polar surface area (TPSA) is 46.2 Å². The molecule has 0 aromatic heterocycles. The van der Waals surface area contributed by atoms with Crippen molar-refractivity contribution in [3.05, 3.63) is 28.2 Å². The summed E-state index contributed by atoms with van der Waals surface area (Å²) >= 11 is 3.39. The van der Waals surface area contributed by atoms with Crippen LogP contribution in [-0.2, 0) is 0 Å². The summed E-state index contributed by atoms with van der Waals surface area (Å²) in [5, 5.41) is 9.67. The van der Waals surface area contributed by atoms with E-state index in [4.69, 9.17) is 5.73 Å². The van der Waals surface area contributed by atoms with Gasteiger partial charge in [0.25, 0.3) is 0 Å². The van der Waals surface area contributed by atoms with E-state index in [2.05, 4.69) is 15.9 Å². The molecule has 0 saturated heterocycles. The molecule has 0 unspecified atom stereocenters. The van der Waals surface area contributed by atoms with Crippen molar-refractivity contribution in [3.63, 3.8) is 0 Å². The molecule has 2 nitrogen and oxygen atoms in total. The van der Waals surface area contributed by atoms with Crippen LogP contribution in [0.2, 0.25) is 0 Å². The number of nitrogens with two attached hydrogens (primary N) is 1. The lowest BCUT2D eigenvalue weighted by Crippen LogP contribution is -2.26. The van der Waals surface area contributed by atoms with Gasteiger partial charge < -0.3 is 10.8 Å². The summed E-state index contributed by atoms with van der Waals surface area (Å²) in [6.07, 6.45) is 3.65. The maximum absolute atomic E-state index is 9.67. The zero-order valence-corrected chi connectivity index (χ0v) is 10.7. The van der Waals surface area contributed by atoms with E-state index in [-0.39, 0.29) is 18.4 Å². The second-order valence-electron chi connectivity index (χ2n) is 3.92. The van der Waals surface area contributed by atoms with Crippen molar-refractivity contribution in [1.82, 2.24) is 0 Å². The predicted octanol–water partition coefficient (Wildman–Crippen LogP) is 3.38. The van der Waals surface area contributed by atoms with Gasteiger partial charge in [-0.25, -0.2) is 0 Å². The second-order valence-corrected chi connectivity index (χ2v) is 4.84. The lowest BCUT2D eigenvalue weighted by molar-refractivity contribution is 0.260. The van der Waals surface area contributed by atoms with Crippen molar-refractivity contribution in [1.29, 1.82) is 0 Å². The maximum atomic E-state index is 9.67. The molecule has 1 aliphatic carbocycles. The van der Waals surface area contributed by atoms with Crippen LogP contribution in [0.3, 0.4) is 0 Å². The quantitative estimate of drug-likeness (QED) is 0.878. The molecule has 1 aromatic rings. The minimum absolute atomic E-state index is 0. The fourth-order valence-corrected chi connectivity index (χ4v) is 2.22. The molecule has 84 valence electrons. The molecule has 1 aromatic carbocycles. The zero-order chi connectivity index (χ0) is 10.1. The third kappa shape index (κ3) is 2.65. The molecule has 0 spiro atoms. The average Bonchev–Trinajstić information content (AvgIpc) is 2.06. The van der Waals surface area contributed by atoms with E-state index >= 15 is 0 Å². The summed E-state index contributed by atoms with van der Waals surface area (Å²) in [4.78, 5) is 0. The summed E-state index contributed by atoms with van der Waals surface area (Å²) in [6, 6.07) is 5.42. The summed E-state index contributed by atoms with van der Waals surface area (Å²) in [5.41, 5.74) is 6.95. The van der Waals surface area contributed by atoms with Gasteiger partial charge in [0.05, 0.1) is 0 Å². The first-order valence-electron chi connectivity index (χ1n) is 4.92. The average molecular weight is 293 g/mol. The van der Waals surface area contributed by atoms with Crippen molar-refractivity contribution in [2.75, 3.05) is 0 Å². The highest BCUT2D eigenvalue weighted by atomic mass is 79.9. The fraction of sp³-hybridized carbons (Fsp3) is 0.455.